The van der Waals surface area contributed by atoms with Crippen LogP contribution in [-0.4, -0.2) is 33.0 Å². The molecule has 0 aliphatic carbocycles. The highest BCUT2D eigenvalue weighted by atomic mass is 79.9. The first kappa shape index (κ1) is 14.2. The van der Waals surface area contributed by atoms with Crippen LogP contribution in [0.2, 0.25) is 0 Å². The molecule has 0 aromatic carbocycles. The molecule has 0 aliphatic heterocycles. The Labute approximate surface area is 118 Å². The minimum Gasteiger partial charge on any atom is -0.394 e. The third-order valence-corrected chi connectivity index (χ3v) is 3.68. The molecule has 2 aromatic heterocycles. The van der Waals surface area contributed by atoms with Crippen molar-refractivity contribution in [2.24, 2.45) is 0 Å². The van der Waals surface area contributed by atoms with E-state index in [0.717, 1.165) is 0 Å². The molecule has 2 rings (SSSR count). The molecule has 0 bridgehead atoms. The topological polar surface area (TPSA) is 75.3 Å². The third-order valence-electron chi connectivity index (χ3n) is 3.25. The van der Waals surface area contributed by atoms with Crippen LogP contribution in [0.25, 0.3) is 11.0 Å². The fraction of sp³-hybridized carbons (Fsp3) is 0.385. The van der Waals surface area contributed by atoms with Crippen molar-refractivity contribution >= 4 is 27.0 Å². The summed E-state index contributed by atoms with van der Waals surface area (Å²) in [5.41, 5.74) is -0.0134. The molecule has 102 valence electrons. The van der Waals surface area contributed by atoms with Gasteiger partial charge in [0.05, 0.1) is 24.1 Å². The van der Waals surface area contributed by atoms with Crippen molar-refractivity contribution in [2.75, 3.05) is 13.2 Å². The van der Waals surface area contributed by atoms with E-state index in [0.29, 0.717) is 21.1 Å². The predicted molar refractivity (Wildman–Crippen MR) is 76.3 cm³/mol. The molecular formula is C13H15BrN2O3. The van der Waals surface area contributed by atoms with E-state index in [1.165, 1.54) is 0 Å². The molecule has 0 saturated carbocycles. The highest BCUT2D eigenvalue weighted by Gasteiger charge is 2.27. The SMILES string of the molecule is Cc1cn(C(C)(CO)CO)c2ncc(Br)cc2c1=O. The maximum atomic E-state index is 12.1. The summed E-state index contributed by atoms with van der Waals surface area (Å²) in [4.78, 5) is 16.4. The molecule has 0 atom stereocenters. The van der Waals surface area contributed by atoms with E-state index in [1.54, 1.807) is 36.9 Å². The molecule has 0 aliphatic rings. The smallest absolute Gasteiger partial charge is 0.193 e. The van der Waals surface area contributed by atoms with Crippen LogP contribution in [0.4, 0.5) is 0 Å². The first-order valence-electron chi connectivity index (χ1n) is 5.82. The second kappa shape index (κ2) is 5.03. The van der Waals surface area contributed by atoms with Gasteiger partial charge < -0.3 is 14.8 Å². The van der Waals surface area contributed by atoms with Crippen LogP contribution < -0.4 is 5.43 Å². The van der Waals surface area contributed by atoms with Crippen molar-refractivity contribution in [3.8, 4) is 0 Å². The summed E-state index contributed by atoms with van der Waals surface area (Å²) in [7, 11) is 0. The molecule has 2 aromatic rings. The van der Waals surface area contributed by atoms with Gasteiger partial charge in [0.1, 0.15) is 5.65 Å². The number of aromatic nitrogens is 2. The van der Waals surface area contributed by atoms with E-state index in [4.69, 9.17) is 0 Å². The number of aliphatic hydroxyl groups excluding tert-OH is 2. The zero-order valence-corrected chi connectivity index (χ0v) is 12.3. The quantitative estimate of drug-likeness (QED) is 0.887. The Morgan fingerprint density at radius 2 is 2.05 bits per heavy atom. The molecule has 6 heteroatoms. The number of pyridine rings is 2. The zero-order valence-electron chi connectivity index (χ0n) is 10.7. The van der Waals surface area contributed by atoms with Crippen molar-refractivity contribution in [1.82, 2.24) is 9.55 Å². The normalized spacial score (nSPS) is 12.1. The third kappa shape index (κ3) is 2.31. The number of aryl methyl sites for hydroxylation is 1. The van der Waals surface area contributed by atoms with Gasteiger partial charge >= 0.3 is 0 Å². The van der Waals surface area contributed by atoms with Crippen LogP contribution in [0.1, 0.15) is 12.5 Å². The molecule has 5 nitrogen and oxygen atoms in total. The number of rotatable bonds is 3. The number of hydrogen-bond acceptors (Lipinski definition) is 4. The molecule has 2 heterocycles. The lowest BCUT2D eigenvalue weighted by Crippen LogP contribution is -2.39. The fourth-order valence-electron chi connectivity index (χ4n) is 1.93. The minimum atomic E-state index is -0.905. The van der Waals surface area contributed by atoms with Crippen molar-refractivity contribution in [1.29, 1.82) is 0 Å². The summed E-state index contributed by atoms with van der Waals surface area (Å²) < 4.78 is 2.37. The maximum absolute atomic E-state index is 12.1. The number of nitrogens with zero attached hydrogens (tertiary/aromatic N) is 2. The van der Waals surface area contributed by atoms with Crippen LogP contribution in [0.15, 0.2) is 27.7 Å². The van der Waals surface area contributed by atoms with E-state index >= 15 is 0 Å². The van der Waals surface area contributed by atoms with Gasteiger partial charge in [-0.3, -0.25) is 4.79 Å². The highest BCUT2D eigenvalue weighted by Crippen LogP contribution is 2.22. The van der Waals surface area contributed by atoms with Gasteiger partial charge in [0.25, 0.3) is 0 Å². The standard InChI is InChI=1S/C13H15BrN2O3/c1-8-5-16(13(2,6-17)7-18)12-10(11(8)19)3-9(14)4-15-12/h3-5,17-18H,6-7H2,1-2H3. The van der Waals surface area contributed by atoms with Crippen molar-refractivity contribution < 1.29 is 10.2 Å². The molecule has 0 saturated heterocycles. The number of halogens is 1. The summed E-state index contributed by atoms with van der Waals surface area (Å²) in [6.07, 6.45) is 3.21. The van der Waals surface area contributed by atoms with E-state index in [2.05, 4.69) is 20.9 Å². The molecule has 0 spiro atoms. The number of fused-ring (bicyclic) bond motifs is 1. The Morgan fingerprint density at radius 1 is 1.42 bits per heavy atom. The van der Waals surface area contributed by atoms with Gasteiger partial charge in [-0.1, -0.05) is 0 Å². The number of hydrogen-bond donors (Lipinski definition) is 2. The van der Waals surface area contributed by atoms with Gasteiger partial charge in [-0.05, 0) is 35.8 Å². The lowest BCUT2D eigenvalue weighted by Gasteiger charge is -2.29. The summed E-state index contributed by atoms with van der Waals surface area (Å²) >= 11 is 3.29. The van der Waals surface area contributed by atoms with Crippen LogP contribution in [0.3, 0.4) is 0 Å². The van der Waals surface area contributed by atoms with E-state index < -0.39 is 5.54 Å². The Hall–Kier alpha value is -1.24. The monoisotopic (exact) mass is 326 g/mol. The van der Waals surface area contributed by atoms with E-state index in [1.807, 2.05) is 0 Å². The van der Waals surface area contributed by atoms with Crippen molar-refractivity contribution in [3.05, 3.63) is 38.7 Å². The Morgan fingerprint density at radius 3 is 2.63 bits per heavy atom. The lowest BCUT2D eigenvalue weighted by atomic mass is 10.0. The molecule has 0 amide bonds. The van der Waals surface area contributed by atoms with Gasteiger partial charge in [0, 0.05) is 22.4 Å². The molecule has 0 fully saturated rings. The molecule has 19 heavy (non-hydrogen) atoms. The van der Waals surface area contributed by atoms with Crippen LogP contribution in [0, 0.1) is 6.92 Å². The van der Waals surface area contributed by atoms with Crippen LogP contribution >= 0.6 is 15.9 Å². The highest BCUT2D eigenvalue weighted by molar-refractivity contribution is 9.10. The van der Waals surface area contributed by atoms with Gasteiger partial charge in [-0.2, -0.15) is 0 Å². The Bertz CT molecular complexity index is 677. The molecule has 0 unspecified atom stereocenters. The first-order chi connectivity index (χ1) is 8.92. The van der Waals surface area contributed by atoms with Gasteiger partial charge in [0.2, 0.25) is 0 Å². The zero-order chi connectivity index (χ0) is 14.2. The summed E-state index contributed by atoms with van der Waals surface area (Å²) in [5.74, 6) is 0. The Balaban J connectivity index is 2.90. The largest absolute Gasteiger partial charge is 0.394 e. The first-order valence-corrected chi connectivity index (χ1v) is 6.62. The average Bonchev–Trinajstić information content (AvgIpc) is 2.42. The Kier molecular flexibility index (Phi) is 3.75. The number of aliphatic hydroxyl groups is 2. The van der Waals surface area contributed by atoms with Crippen molar-refractivity contribution in [3.63, 3.8) is 0 Å². The second-order valence-corrected chi connectivity index (χ2v) is 5.76. The maximum Gasteiger partial charge on any atom is 0.193 e. The van der Waals surface area contributed by atoms with Gasteiger partial charge in [-0.15, -0.1) is 0 Å². The predicted octanol–water partition coefficient (Wildman–Crippen LogP) is 1.17. The average molecular weight is 327 g/mol. The molecular weight excluding hydrogens is 312 g/mol. The van der Waals surface area contributed by atoms with Gasteiger partial charge in [-0.25, -0.2) is 4.98 Å². The van der Waals surface area contributed by atoms with Crippen LogP contribution in [-0.2, 0) is 5.54 Å². The fourth-order valence-corrected chi connectivity index (χ4v) is 2.26. The molecule has 0 radical (unpaired) electrons. The van der Waals surface area contributed by atoms with Gasteiger partial charge in [0.15, 0.2) is 5.43 Å². The molecule has 2 N–H and O–H groups in total. The van der Waals surface area contributed by atoms with E-state index in [9.17, 15) is 15.0 Å². The van der Waals surface area contributed by atoms with Crippen LogP contribution in [0.5, 0.6) is 0 Å². The summed E-state index contributed by atoms with van der Waals surface area (Å²) in [6, 6.07) is 1.70. The lowest BCUT2D eigenvalue weighted by molar-refractivity contribution is 0.0803. The van der Waals surface area contributed by atoms with E-state index in [-0.39, 0.29) is 18.6 Å². The minimum absolute atomic E-state index is 0.0988. The second-order valence-electron chi connectivity index (χ2n) is 4.85. The van der Waals surface area contributed by atoms with Crippen molar-refractivity contribution in [2.45, 2.75) is 19.4 Å². The summed E-state index contributed by atoms with van der Waals surface area (Å²) in [6.45, 7) is 2.91. The summed E-state index contributed by atoms with van der Waals surface area (Å²) in [5, 5.41) is 19.5.